The predicted molar refractivity (Wildman–Crippen MR) is 83.2 cm³/mol. The van der Waals surface area contributed by atoms with Crippen LogP contribution in [-0.2, 0) is 17.8 Å². The first-order chi connectivity index (χ1) is 10.2. The molecule has 4 heteroatoms. The van der Waals surface area contributed by atoms with Crippen LogP contribution in [0.15, 0.2) is 10.5 Å². The van der Waals surface area contributed by atoms with Crippen molar-refractivity contribution in [1.82, 2.24) is 10.2 Å². The molecule has 0 spiro atoms. The van der Waals surface area contributed by atoms with Crippen molar-refractivity contribution in [2.45, 2.75) is 51.7 Å². The van der Waals surface area contributed by atoms with Crippen LogP contribution in [0.1, 0.15) is 42.8 Å². The molecule has 1 aliphatic heterocycles. The van der Waals surface area contributed by atoms with Crippen LogP contribution in [0.3, 0.4) is 0 Å². The smallest absolute Gasteiger partial charge is 0.118 e. The monoisotopic (exact) mass is 292 g/mol. The van der Waals surface area contributed by atoms with Crippen molar-refractivity contribution in [2.75, 3.05) is 26.8 Å². The summed E-state index contributed by atoms with van der Waals surface area (Å²) in [6.45, 7) is 7.15. The van der Waals surface area contributed by atoms with Crippen LogP contribution in [0, 0.1) is 12.8 Å². The van der Waals surface area contributed by atoms with Crippen LogP contribution in [0.5, 0.6) is 0 Å². The summed E-state index contributed by atoms with van der Waals surface area (Å²) in [7, 11) is 1.80. The van der Waals surface area contributed by atoms with Gasteiger partial charge >= 0.3 is 0 Å². The maximum Gasteiger partial charge on any atom is 0.118 e. The summed E-state index contributed by atoms with van der Waals surface area (Å²) in [4.78, 5) is 2.50. The normalized spacial score (nSPS) is 23.6. The average molecular weight is 292 g/mol. The molecule has 118 valence electrons. The van der Waals surface area contributed by atoms with Crippen LogP contribution in [-0.4, -0.2) is 37.7 Å². The van der Waals surface area contributed by atoms with Crippen LogP contribution in [0.25, 0.3) is 0 Å². The van der Waals surface area contributed by atoms with Gasteiger partial charge in [-0.25, -0.2) is 0 Å². The summed E-state index contributed by atoms with van der Waals surface area (Å²) in [5.74, 6) is 2.86. The van der Waals surface area contributed by atoms with Gasteiger partial charge in [0.05, 0.1) is 13.2 Å². The second-order valence-electron chi connectivity index (χ2n) is 6.65. The summed E-state index contributed by atoms with van der Waals surface area (Å²) >= 11 is 0. The molecule has 1 atom stereocenters. The number of nitrogens with one attached hydrogen (secondary N) is 1. The van der Waals surface area contributed by atoms with E-state index in [2.05, 4.69) is 23.2 Å². The van der Waals surface area contributed by atoms with Gasteiger partial charge in [0, 0.05) is 31.8 Å². The SMILES string of the molecule is COCC1CCCN(Cc2cc(CNC3CC3)c(C)o2)C1. The fourth-order valence-electron chi connectivity index (χ4n) is 3.27. The summed E-state index contributed by atoms with van der Waals surface area (Å²) in [6, 6.07) is 2.99. The molecule has 1 saturated heterocycles. The Morgan fingerprint density at radius 1 is 1.38 bits per heavy atom. The topological polar surface area (TPSA) is 37.6 Å². The second-order valence-corrected chi connectivity index (χ2v) is 6.65. The summed E-state index contributed by atoms with van der Waals surface area (Å²) in [5.41, 5.74) is 1.32. The molecule has 0 amide bonds. The third-order valence-electron chi connectivity index (χ3n) is 4.62. The quantitative estimate of drug-likeness (QED) is 0.838. The minimum atomic E-state index is 0.677. The zero-order valence-electron chi connectivity index (χ0n) is 13.4. The maximum absolute atomic E-state index is 5.95. The molecule has 1 saturated carbocycles. The number of methoxy groups -OCH3 is 1. The lowest BCUT2D eigenvalue weighted by atomic mass is 9.99. The van der Waals surface area contributed by atoms with E-state index < -0.39 is 0 Å². The number of piperidine rings is 1. The molecular weight excluding hydrogens is 264 g/mol. The van der Waals surface area contributed by atoms with Gasteiger partial charge in [0.25, 0.3) is 0 Å². The maximum atomic E-state index is 5.95. The average Bonchev–Trinajstić information content (AvgIpc) is 3.22. The molecular formula is C17H28N2O2. The number of hydrogen-bond acceptors (Lipinski definition) is 4. The molecule has 3 rings (SSSR count). The lowest BCUT2D eigenvalue weighted by molar-refractivity contribution is 0.0839. The molecule has 2 fully saturated rings. The Morgan fingerprint density at radius 3 is 3.00 bits per heavy atom. The number of likely N-dealkylation sites (tertiary alicyclic amines) is 1. The number of ether oxygens (including phenoxy) is 1. The van der Waals surface area contributed by atoms with Crippen molar-refractivity contribution in [3.05, 3.63) is 23.2 Å². The Kier molecular flexibility index (Phi) is 4.99. The first-order valence-corrected chi connectivity index (χ1v) is 8.27. The van der Waals surface area contributed by atoms with E-state index >= 15 is 0 Å². The Labute approximate surface area is 127 Å². The van der Waals surface area contributed by atoms with Crippen LogP contribution in [0.4, 0.5) is 0 Å². The predicted octanol–water partition coefficient (Wildman–Crippen LogP) is 2.70. The zero-order valence-corrected chi connectivity index (χ0v) is 13.4. The van der Waals surface area contributed by atoms with Gasteiger partial charge in [-0.2, -0.15) is 0 Å². The van der Waals surface area contributed by atoms with Crippen molar-refractivity contribution < 1.29 is 9.15 Å². The highest BCUT2D eigenvalue weighted by Crippen LogP contribution is 2.23. The number of hydrogen-bond donors (Lipinski definition) is 1. The summed E-state index contributed by atoms with van der Waals surface area (Å²) < 4.78 is 11.3. The lowest BCUT2D eigenvalue weighted by Gasteiger charge is -2.31. The van der Waals surface area contributed by atoms with Gasteiger partial charge < -0.3 is 14.5 Å². The van der Waals surface area contributed by atoms with E-state index in [0.717, 1.165) is 43.8 Å². The Balaban J connectivity index is 1.52. The van der Waals surface area contributed by atoms with E-state index in [-0.39, 0.29) is 0 Å². The largest absolute Gasteiger partial charge is 0.465 e. The van der Waals surface area contributed by atoms with Gasteiger partial charge in [0.15, 0.2) is 0 Å². The van der Waals surface area contributed by atoms with E-state index in [1.807, 2.05) is 0 Å². The van der Waals surface area contributed by atoms with Gasteiger partial charge in [0.1, 0.15) is 11.5 Å². The van der Waals surface area contributed by atoms with Gasteiger partial charge in [-0.05, 0) is 51.1 Å². The molecule has 1 N–H and O–H groups in total. The van der Waals surface area contributed by atoms with Gasteiger partial charge in [-0.15, -0.1) is 0 Å². The number of rotatable bonds is 7. The summed E-state index contributed by atoms with van der Waals surface area (Å²) in [5, 5.41) is 3.56. The van der Waals surface area contributed by atoms with E-state index in [1.165, 1.54) is 37.8 Å². The van der Waals surface area contributed by atoms with Gasteiger partial charge in [-0.1, -0.05) is 0 Å². The highest BCUT2D eigenvalue weighted by Gasteiger charge is 2.23. The third-order valence-corrected chi connectivity index (χ3v) is 4.62. The van der Waals surface area contributed by atoms with E-state index in [9.17, 15) is 0 Å². The van der Waals surface area contributed by atoms with Crippen molar-refractivity contribution in [1.29, 1.82) is 0 Å². The van der Waals surface area contributed by atoms with E-state index in [0.29, 0.717) is 5.92 Å². The second kappa shape index (κ2) is 6.95. The van der Waals surface area contributed by atoms with Crippen molar-refractivity contribution in [3.8, 4) is 0 Å². The molecule has 1 unspecified atom stereocenters. The van der Waals surface area contributed by atoms with Gasteiger partial charge in [0.2, 0.25) is 0 Å². The van der Waals surface area contributed by atoms with Crippen LogP contribution < -0.4 is 5.32 Å². The molecule has 1 aromatic rings. The van der Waals surface area contributed by atoms with Crippen molar-refractivity contribution in [3.63, 3.8) is 0 Å². The molecule has 0 aromatic carbocycles. The molecule has 2 heterocycles. The number of aryl methyl sites for hydroxylation is 1. The Bertz CT molecular complexity index is 452. The van der Waals surface area contributed by atoms with E-state index in [1.54, 1.807) is 7.11 Å². The summed E-state index contributed by atoms with van der Waals surface area (Å²) in [6.07, 6.45) is 5.22. The first kappa shape index (κ1) is 15.1. The number of furan rings is 1. The first-order valence-electron chi connectivity index (χ1n) is 8.27. The van der Waals surface area contributed by atoms with Crippen LogP contribution >= 0.6 is 0 Å². The van der Waals surface area contributed by atoms with E-state index in [4.69, 9.17) is 9.15 Å². The minimum absolute atomic E-state index is 0.677. The Morgan fingerprint density at radius 2 is 2.24 bits per heavy atom. The van der Waals surface area contributed by atoms with Crippen molar-refractivity contribution >= 4 is 0 Å². The molecule has 1 aromatic heterocycles. The standard InChI is InChI=1S/C17H28N2O2/c1-13-15(9-18-16-5-6-16)8-17(21-13)11-19-7-3-4-14(10-19)12-20-2/h8,14,16,18H,3-7,9-12H2,1-2H3. The molecule has 0 radical (unpaired) electrons. The minimum Gasteiger partial charge on any atom is -0.465 e. The fraction of sp³-hybridized carbons (Fsp3) is 0.765. The van der Waals surface area contributed by atoms with Crippen LogP contribution in [0.2, 0.25) is 0 Å². The molecule has 21 heavy (non-hydrogen) atoms. The molecule has 2 aliphatic rings. The van der Waals surface area contributed by atoms with Crippen molar-refractivity contribution in [2.24, 2.45) is 5.92 Å². The van der Waals surface area contributed by atoms with Gasteiger partial charge in [-0.3, -0.25) is 4.90 Å². The lowest BCUT2D eigenvalue weighted by Crippen LogP contribution is -2.36. The highest BCUT2D eigenvalue weighted by atomic mass is 16.5. The molecule has 1 aliphatic carbocycles. The Hall–Kier alpha value is -0.840. The number of nitrogens with zero attached hydrogens (tertiary/aromatic N) is 1. The fourth-order valence-corrected chi connectivity index (χ4v) is 3.27. The highest BCUT2D eigenvalue weighted by molar-refractivity contribution is 5.21. The molecule has 4 nitrogen and oxygen atoms in total. The third kappa shape index (κ3) is 4.31. The zero-order chi connectivity index (χ0) is 14.7. The molecule has 0 bridgehead atoms.